The van der Waals surface area contributed by atoms with Crippen LogP contribution in [-0.2, 0) is 6.54 Å². The Morgan fingerprint density at radius 1 is 1.22 bits per heavy atom. The second-order valence-electron chi connectivity index (χ2n) is 5.35. The van der Waals surface area contributed by atoms with Crippen molar-refractivity contribution in [1.29, 1.82) is 0 Å². The lowest BCUT2D eigenvalue weighted by atomic mass is 10.1. The van der Waals surface area contributed by atoms with Gasteiger partial charge in [0, 0.05) is 0 Å². The van der Waals surface area contributed by atoms with E-state index in [-0.39, 0.29) is 11.9 Å². The Hall–Kier alpha value is -2.89. The molecule has 0 aliphatic carbocycles. The van der Waals surface area contributed by atoms with E-state index >= 15 is 0 Å². The first-order chi connectivity index (χ1) is 11.1. The summed E-state index contributed by atoms with van der Waals surface area (Å²) in [6.07, 6.45) is 3.24. The third-order valence-corrected chi connectivity index (χ3v) is 3.61. The van der Waals surface area contributed by atoms with Crippen LogP contribution in [0.15, 0.2) is 53.2 Å². The smallest absolute Gasteiger partial charge is 0.255 e. The Labute approximate surface area is 134 Å². The topological polar surface area (TPSA) is 73.0 Å². The molecule has 23 heavy (non-hydrogen) atoms. The van der Waals surface area contributed by atoms with Crippen LogP contribution in [0, 0.1) is 13.8 Å². The molecule has 0 saturated carbocycles. The summed E-state index contributed by atoms with van der Waals surface area (Å²) in [5.74, 6) is 1.17. The molecule has 1 amide bonds. The number of furan rings is 1. The molecule has 1 aromatic carbocycles. The van der Waals surface area contributed by atoms with Gasteiger partial charge in [0.2, 0.25) is 0 Å². The van der Waals surface area contributed by atoms with Crippen molar-refractivity contribution in [3.8, 4) is 0 Å². The Morgan fingerprint density at radius 3 is 2.52 bits per heavy atom. The van der Waals surface area contributed by atoms with E-state index in [4.69, 9.17) is 4.42 Å². The van der Waals surface area contributed by atoms with Gasteiger partial charge < -0.3 is 9.73 Å². The van der Waals surface area contributed by atoms with Gasteiger partial charge in [0.05, 0.1) is 30.5 Å². The van der Waals surface area contributed by atoms with Gasteiger partial charge in [-0.15, -0.1) is 0 Å². The van der Waals surface area contributed by atoms with Gasteiger partial charge in [0.25, 0.3) is 5.91 Å². The summed E-state index contributed by atoms with van der Waals surface area (Å²) >= 11 is 0. The molecule has 0 aliphatic rings. The van der Waals surface area contributed by atoms with Crippen LogP contribution in [0.25, 0.3) is 0 Å². The molecule has 0 bridgehead atoms. The van der Waals surface area contributed by atoms with E-state index in [1.807, 2.05) is 37.3 Å². The fourth-order valence-electron chi connectivity index (χ4n) is 2.51. The maximum absolute atomic E-state index is 12.6. The number of hydrogen-bond acceptors (Lipinski definition) is 4. The van der Waals surface area contributed by atoms with Crippen molar-refractivity contribution in [2.45, 2.75) is 26.4 Å². The van der Waals surface area contributed by atoms with Crippen LogP contribution >= 0.6 is 0 Å². The average Bonchev–Trinajstić information content (AvgIpc) is 3.17. The highest BCUT2D eigenvalue weighted by Gasteiger charge is 2.20. The van der Waals surface area contributed by atoms with E-state index in [1.54, 1.807) is 30.2 Å². The molecular formula is C17H18N4O2. The molecule has 3 rings (SSSR count). The second kappa shape index (κ2) is 6.48. The highest BCUT2D eigenvalue weighted by Crippen LogP contribution is 2.18. The Balaban J connectivity index is 1.83. The summed E-state index contributed by atoms with van der Waals surface area (Å²) in [6, 6.07) is 11.3. The molecular weight excluding hydrogens is 292 g/mol. The van der Waals surface area contributed by atoms with Gasteiger partial charge in [0.15, 0.2) is 0 Å². The van der Waals surface area contributed by atoms with Gasteiger partial charge in [-0.25, -0.2) is 0 Å². The minimum Gasteiger partial charge on any atom is -0.466 e. The third kappa shape index (κ3) is 3.48. The molecule has 0 aliphatic heterocycles. The van der Waals surface area contributed by atoms with Crippen molar-refractivity contribution >= 4 is 5.91 Å². The van der Waals surface area contributed by atoms with E-state index < -0.39 is 0 Å². The van der Waals surface area contributed by atoms with Gasteiger partial charge in [-0.1, -0.05) is 30.3 Å². The Kier molecular flexibility index (Phi) is 4.23. The molecule has 2 heterocycles. The van der Waals surface area contributed by atoms with Crippen molar-refractivity contribution in [1.82, 2.24) is 20.3 Å². The molecule has 6 nitrogen and oxygen atoms in total. The van der Waals surface area contributed by atoms with E-state index in [1.165, 1.54) is 0 Å². The lowest BCUT2D eigenvalue weighted by Crippen LogP contribution is -2.32. The van der Waals surface area contributed by atoms with Crippen LogP contribution in [0.3, 0.4) is 0 Å². The van der Waals surface area contributed by atoms with Gasteiger partial charge in [-0.2, -0.15) is 15.0 Å². The molecule has 1 N–H and O–H groups in total. The summed E-state index contributed by atoms with van der Waals surface area (Å²) in [4.78, 5) is 14.1. The van der Waals surface area contributed by atoms with Crippen LogP contribution in [0.2, 0.25) is 0 Å². The highest BCUT2D eigenvalue weighted by atomic mass is 16.3. The Bertz CT molecular complexity index is 778. The Morgan fingerprint density at radius 2 is 1.91 bits per heavy atom. The minimum absolute atomic E-state index is 0.166. The SMILES string of the molecule is Cc1cc(C(=O)N[C@H](Cn2nccn2)c2ccccc2)c(C)o1. The number of benzene rings is 1. The van der Waals surface area contributed by atoms with Crippen LogP contribution in [0.1, 0.15) is 33.5 Å². The molecule has 0 unspecified atom stereocenters. The van der Waals surface area contributed by atoms with Gasteiger partial charge in [0.1, 0.15) is 11.5 Å². The van der Waals surface area contributed by atoms with Crippen LogP contribution in [0.5, 0.6) is 0 Å². The number of nitrogens with zero attached hydrogens (tertiary/aromatic N) is 3. The lowest BCUT2D eigenvalue weighted by molar-refractivity contribution is 0.0929. The number of aromatic nitrogens is 3. The molecule has 1 atom stereocenters. The molecule has 0 radical (unpaired) electrons. The number of carbonyl (C=O) groups excluding carboxylic acids is 1. The first-order valence-corrected chi connectivity index (χ1v) is 7.40. The van der Waals surface area contributed by atoms with Crippen molar-refractivity contribution in [2.24, 2.45) is 0 Å². The van der Waals surface area contributed by atoms with E-state index in [9.17, 15) is 4.79 Å². The number of rotatable bonds is 5. The zero-order chi connectivity index (χ0) is 16.2. The fraction of sp³-hybridized carbons (Fsp3) is 0.235. The first-order valence-electron chi connectivity index (χ1n) is 7.40. The van der Waals surface area contributed by atoms with Crippen molar-refractivity contribution in [2.75, 3.05) is 0 Å². The summed E-state index contributed by atoms with van der Waals surface area (Å²) in [5.41, 5.74) is 1.55. The number of carbonyl (C=O) groups is 1. The zero-order valence-electron chi connectivity index (χ0n) is 13.1. The normalized spacial score (nSPS) is 12.1. The van der Waals surface area contributed by atoms with Gasteiger partial charge >= 0.3 is 0 Å². The molecule has 2 aromatic heterocycles. The van der Waals surface area contributed by atoms with E-state index in [2.05, 4.69) is 15.5 Å². The van der Waals surface area contributed by atoms with Crippen LogP contribution in [-0.4, -0.2) is 20.9 Å². The molecule has 0 spiro atoms. The van der Waals surface area contributed by atoms with E-state index in [0.717, 1.165) is 11.3 Å². The third-order valence-electron chi connectivity index (χ3n) is 3.61. The number of aryl methyl sites for hydroxylation is 2. The quantitative estimate of drug-likeness (QED) is 0.786. The highest BCUT2D eigenvalue weighted by molar-refractivity contribution is 5.95. The zero-order valence-corrected chi connectivity index (χ0v) is 13.1. The van der Waals surface area contributed by atoms with Gasteiger partial charge in [-0.05, 0) is 25.5 Å². The standard InChI is InChI=1S/C17H18N4O2/c1-12-10-15(13(2)23-12)17(22)20-16(11-21-18-8-9-19-21)14-6-4-3-5-7-14/h3-10,16H,11H2,1-2H3,(H,20,22)/t16-/m1/s1. The molecule has 3 aromatic rings. The largest absolute Gasteiger partial charge is 0.466 e. The van der Waals surface area contributed by atoms with Crippen molar-refractivity contribution in [3.05, 3.63) is 71.4 Å². The van der Waals surface area contributed by atoms with E-state index in [0.29, 0.717) is 17.9 Å². The lowest BCUT2D eigenvalue weighted by Gasteiger charge is -2.18. The van der Waals surface area contributed by atoms with Crippen molar-refractivity contribution < 1.29 is 9.21 Å². The first kappa shape index (κ1) is 15.0. The summed E-state index contributed by atoms with van der Waals surface area (Å²) < 4.78 is 5.44. The van der Waals surface area contributed by atoms with Crippen LogP contribution < -0.4 is 5.32 Å². The van der Waals surface area contributed by atoms with Crippen LogP contribution in [0.4, 0.5) is 0 Å². The average molecular weight is 310 g/mol. The number of amides is 1. The predicted octanol–water partition coefficient (Wildman–Crippen LogP) is 2.66. The molecule has 0 saturated heterocycles. The summed E-state index contributed by atoms with van der Waals surface area (Å²) in [7, 11) is 0. The predicted molar refractivity (Wildman–Crippen MR) is 84.9 cm³/mol. The van der Waals surface area contributed by atoms with Crippen molar-refractivity contribution in [3.63, 3.8) is 0 Å². The monoisotopic (exact) mass is 310 g/mol. The maximum Gasteiger partial charge on any atom is 0.255 e. The molecule has 6 heteroatoms. The minimum atomic E-state index is -0.231. The second-order valence-corrected chi connectivity index (χ2v) is 5.35. The fourth-order valence-corrected chi connectivity index (χ4v) is 2.51. The number of hydrogen-bond donors (Lipinski definition) is 1. The van der Waals surface area contributed by atoms with Gasteiger partial charge in [-0.3, -0.25) is 4.79 Å². The maximum atomic E-state index is 12.6. The molecule has 118 valence electrons. The number of nitrogens with one attached hydrogen (secondary N) is 1. The summed E-state index contributed by atoms with van der Waals surface area (Å²) in [5, 5.41) is 11.3. The summed E-state index contributed by atoms with van der Waals surface area (Å²) in [6.45, 7) is 4.07. The molecule has 0 fully saturated rings.